The molecule has 0 saturated heterocycles. The summed E-state index contributed by atoms with van der Waals surface area (Å²) in [5, 5.41) is 6.79. The number of anilines is 1. The maximum atomic E-state index is 11.3. The van der Waals surface area contributed by atoms with E-state index in [-0.39, 0.29) is 11.7 Å². The average molecular weight is 482 g/mol. The minimum atomic E-state index is 0.0471. The van der Waals surface area contributed by atoms with Crippen LogP contribution < -0.4 is 10.6 Å². The predicted molar refractivity (Wildman–Crippen MR) is 146 cm³/mol. The minimum Gasteiger partial charge on any atom is -0.354 e. The van der Waals surface area contributed by atoms with Gasteiger partial charge in [0.15, 0.2) is 5.78 Å². The van der Waals surface area contributed by atoms with Gasteiger partial charge in [-0.1, -0.05) is 56.7 Å². The Labute approximate surface area is 209 Å². The first-order chi connectivity index (χ1) is 16.2. The molecule has 0 saturated carbocycles. The Balaban J connectivity index is 0.000000489. The zero-order valence-electron chi connectivity index (χ0n) is 20.8. The Morgan fingerprint density at radius 1 is 1.00 bits per heavy atom. The molecule has 0 aliphatic carbocycles. The third-order valence-electron chi connectivity index (χ3n) is 4.86. The molecule has 0 aromatic heterocycles. The molecule has 0 bridgehead atoms. The van der Waals surface area contributed by atoms with E-state index in [2.05, 4.69) is 36.1 Å². The SMILES string of the molecule is C=C/C=C(\N=C(C)Nc1ccc(C(C)=O)cc1)c1ccc(Cl)cc1.CCCC(CC)NC(C)=O. The molecular weight excluding hydrogens is 446 g/mol. The Kier molecular flexibility index (Phi) is 13.3. The highest BCUT2D eigenvalue weighted by Crippen LogP contribution is 2.20. The van der Waals surface area contributed by atoms with Gasteiger partial charge in [0.1, 0.15) is 5.84 Å². The second kappa shape index (κ2) is 15.6. The lowest BCUT2D eigenvalue weighted by Crippen LogP contribution is -2.32. The molecule has 0 spiro atoms. The summed E-state index contributed by atoms with van der Waals surface area (Å²) in [6.07, 6.45) is 6.80. The van der Waals surface area contributed by atoms with Gasteiger partial charge in [0.25, 0.3) is 0 Å². The van der Waals surface area contributed by atoms with Crippen LogP contribution in [0.2, 0.25) is 5.02 Å². The first-order valence-corrected chi connectivity index (χ1v) is 11.9. The zero-order valence-corrected chi connectivity index (χ0v) is 21.6. The molecule has 34 heavy (non-hydrogen) atoms. The van der Waals surface area contributed by atoms with Gasteiger partial charge in [0.2, 0.25) is 5.91 Å². The van der Waals surface area contributed by atoms with Crippen molar-refractivity contribution >= 4 is 40.5 Å². The summed E-state index contributed by atoms with van der Waals surface area (Å²) in [4.78, 5) is 26.5. The van der Waals surface area contributed by atoms with Crippen LogP contribution in [-0.2, 0) is 4.79 Å². The van der Waals surface area contributed by atoms with Crippen molar-refractivity contribution in [3.63, 3.8) is 0 Å². The van der Waals surface area contributed by atoms with E-state index in [1.165, 1.54) is 0 Å². The smallest absolute Gasteiger partial charge is 0.217 e. The highest BCUT2D eigenvalue weighted by molar-refractivity contribution is 6.30. The topological polar surface area (TPSA) is 70.6 Å². The Morgan fingerprint density at radius 2 is 1.59 bits per heavy atom. The number of Topliss-reactive ketones (excluding diaryl/α,β-unsaturated/α-hetero) is 1. The molecule has 0 aliphatic rings. The number of hydrogen-bond donors (Lipinski definition) is 2. The first kappa shape index (κ1) is 28.9. The summed E-state index contributed by atoms with van der Waals surface area (Å²) >= 11 is 5.93. The predicted octanol–water partition coefficient (Wildman–Crippen LogP) is 7.30. The van der Waals surface area contributed by atoms with E-state index in [4.69, 9.17) is 11.6 Å². The molecule has 2 aromatic rings. The van der Waals surface area contributed by atoms with E-state index in [1.54, 1.807) is 32.1 Å². The fourth-order valence-electron chi connectivity index (χ4n) is 3.15. The molecule has 2 N–H and O–H groups in total. The van der Waals surface area contributed by atoms with Crippen molar-refractivity contribution in [2.75, 3.05) is 5.32 Å². The third kappa shape index (κ3) is 11.1. The van der Waals surface area contributed by atoms with Crippen molar-refractivity contribution in [1.82, 2.24) is 5.32 Å². The molecule has 182 valence electrons. The van der Waals surface area contributed by atoms with E-state index in [0.29, 0.717) is 16.6 Å². The maximum absolute atomic E-state index is 11.3. The van der Waals surface area contributed by atoms with Crippen LogP contribution in [0.4, 0.5) is 5.69 Å². The Bertz CT molecular complexity index is 993. The first-order valence-electron chi connectivity index (χ1n) is 11.5. The summed E-state index contributed by atoms with van der Waals surface area (Å²) in [5.41, 5.74) is 3.29. The number of hydrogen-bond acceptors (Lipinski definition) is 3. The monoisotopic (exact) mass is 481 g/mol. The Morgan fingerprint density at radius 3 is 2.06 bits per heavy atom. The van der Waals surface area contributed by atoms with Gasteiger partial charge in [-0.2, -0.15) is 0 Å². The highest BCUT2D eigenvalue weighted by atomic mass is 35.5. The lowest BCUT2D eigenvalue weighted by Gasteiger charge is -2.13. The fraction of sp³-hybridized carbons (Fsp3) is 0.321. The summed E-state index contributed by atoms with van der Waals surface area (Å²) in [5.74, 6) is 0.861. The van der Waals surface area contributed by atoms with Crippen LogP contribution in [0.25, 0.3) is 5.70 Å². The number of amidine groups is 1. The number of carbonyl (C=O) groups is 2. The van der Waals surface area contributed by atoms with E-state index in [1.807, 2.05) is 49.4 Å². The Hall–Kier alpha value is -3.18. The van der Waals surface area contributed by atoms with Crippen molar-refractivity contribution in [3.8, 4) is 0 Å². The van der Waals surface area contributed by atoms with Crippen LogP contribution in [0.3, 0.4) is 0 Å². The summed E-state index contributed by atoms with van der Waals surface area (Å²) in [6, 6.07) is 15.2. The summed E-state index contributed by atoms with van der Waals surface area (Å²) in [7, 11) is 0. The molecule has 1 amide bonds. The van der Waals surface area contributed by atoms with Crippen LogP contribution in [0, 0.1) is 0 Å². The van der Waals surface area contributed by atoms with Crippen LogP contribution in [-0.4, -0.2) is 23.6 Å². The van der Waals surface area contributed by atoms with Gasteiger partial charge < -0.3 is 10.6 Å². The number of nitrogens with one attached hydrogen (secondary N) is 2. The maximum Gasteiger partial charge on any atom is 0.217 e. The number of benzene rings is 2. The van der Waals surface area contributed by atoms with Crippen molar-refractivity contribution in [2.45, 2.75) is 59.9 Å². The van der Waals surface area contributed by atoms with Gasteiger partial charge in [-0.25, -0.2) is 4.99 Å². The highest BCUT2D eigenvalue weighted by Gasteiger charge is 2.04. The number of rotatable bonds is 9. The molecule has 0 aliphatic heterocycles. The molecule has 6 heteroatoms. The number of allylic oxidation sites excluding steroid dienone is 2. The number of ketones is 1. The molecule has 1 unspecified atom stereocenters. The summed E-state index contributed by atoms with van der Waals surface area (Å²) < 4.78 is 0. The molecule has 0 heterocycles. The summed E-state index contributed by atoms with van der Waals surface area (Å²) in [6.45, 7) is 13.0. The number of aliphatic imine (C=N–C) groups is 1. The second-order valence-electron chi connectivity index (χ2n) is 7.84. The van der Waals surface area contributed by atoms with Gasteiger partial charge in [0, 0.05) is 34.8 Å². The molecule has 2 rings (SSSR count). The largest absolute Gasteiger partial charge is 0.354 e. The number of halogens is 1. The van der Waals surface area contributed by atoms with Crippen LogP contribution >= 0.6 is 11.6 Å². The normalized spacial score (nSPS) is 12.2. The number of amides is 1. The molecule has 5 nitrogen and oxygen atoms in total. The van der Waals surface area contributed by atoms with E-state index >= 15 is 0 Å². The van der Waals surface area contributed by atoms with Crippen molar-refractivity contribution in [3.05, 3.63) is 83.4 Å². The van der Waals surface area contributed by atoms with Crippen LogP contribution in [0.1, 0.15) is 69.8 Å². The molecule has 1 atom stereocenters. The van der Waals surface area contributed by atoms with Gasteiger partial charge >= 0.3 is 0 Å². The number of carbonyl (C=O) groups excluding carboxylic acids is 2. The average Bonchev–Trinajstić information content (AvgIpc) is 2.79. The lowest BCUT2D eigenvalue weighted by molar-refractivity contribution is -0.119. The standard InChI is InChI=1S/C20H19ClN2O.C8H17NO/c1-4-5-20(17-6-10-18(21)11-7-17)23-15(3)22-19-12-8-16(9-13-19)14(2)24;1-4-6-8(5-2)9-7(3)10/h4-13H,1H2,2-3H3,(H,22,23);8H,4-6H2,1-3H3,(H,9,10)/b20-5-;. The molecule has 2 aromatic carbocycles. The zero-order chi connectivity index (χ0) is 25.5. The van der Waals surface area contributed by atoms with Crippen molar-refractivity contribution in [2.24, 2.45) is 4.99 Å². The van der Waals surface area contributed by atoms with Gasteiger partial charge in [-0.3, -0.25) is 9.59 Å². The molecular formula is C28H36ClN3O2. The van der Waals surface area contributed by atoms with E-state index < -0.39 is 0 Å². The van der Waals surface area contributed by atoms with E-state index in [0.717, 1.165) is 42.0 Å². The minimum absolute atomic E-state index is 0.0471. The molecule has 0 radical (unpaired) electrons. The fourth-order valence-corrected chi connectivity index (χ4v) is 3.28. The lowest BCUT2D eigenvalue weighted by atomic mass is 10.1. The van der Waals surface area contributed by atoms with Gasteiger partial charge in [-0.05, 0) is 69.2 Å². The van der Waals surface area contributed by atoms with Crippen molar-refractivity contribution < 1.29 is 9.59 Å². The van der Waals surface area contributed by atoms with Crippen LogP contribution in [0.15, 0.2) is 72.3 Å². The third-order valence-corrected chi connectivity index (χ3v) is 5.11. The van der Waals surface area contributed by atoms with Gasteiger partial charge in [0.05, 0.1) is 5.70 Å². The van der Waals surface area contributed by atoms with Gasteiger partial charge in [-0.15, -0.1) is 0 Å². The number of nitrogens with zero attached hydrogens (tertiary/aromatic N) is 1. The molecule has 0 fully saturated rings. The second-order valence-corrected chi connectivity index (χ2v) is 8.28. The van der Waals surface area contributed by atoms with Crippen LogP contribution in [0.5, 0.6) is 0 Å². The van der Waals surface area contributed by atoms with Crippen molar-refractivity contribution in [1.29, 1.82) is 0 Å². The van der Waals surface area contributed by atoms with E-state index in [9.17, 15) is 9.59 Å². The quantitative estimate of drug-likeness (QED) is 0.171.